The molecule has 0 amide bonds. The van der Waals surface area contributed by atoms with Crippen LogP contribution in [0.3, 0.4) is 0 Å². The van der Waals surface area contributed by atoms with Crippen molar-refractivity contribution in [1.29, 1.82) is 5.53 Å². The second-order valence-electron chi connectivity index (χ2n) is 3.15. The Labute approximate surface area is 78.0 Å². The van der Waals surface area contributed by atoms with E-state index >= 15 is 0 Å². The van der Waals surface area contributed by atoms with Gasteiger partial charge in [-0.25, -0.2) is 5.53 Å². The Hall–Kier alpha value is -1.51. The second-order valence-corrected chi connectivity index (χ2v) is 3.15. The number of pyridine rings is 1. The van der Waals surface area contributed by atoms with Crippen LogP contribution in [0.5, 0.6) is 0 Å². The molecule has 0 radical (unpaired) electrons. The van der Waals surface area contributed by atoms with Gasteiger partial charge in [-0.1, -0.05) is 26.0 Å². The summed E-state index contributed by atoms with van der Waals surface area (Å²) in [6.07, 6.45) is 7.36. The summed E-state index contributed by atoms with van der Waals surface area (Å²) < 4.78 is 0. The Morgan fingerprint density at radius 3 is 2.92 bits per heavy atom. The van der Waals surface area contributed by atoms with Crippen LogP contribution in [0.1, 0.15) is 19.4 Å². The predicted molar refractivity (Wildman–Crippen MR) is 52.9 cm³/mol. The fourth-order valence-corrected chi connectivity index (χ4v) is 0.926. The van der Waals surface area contributed by atoms with E-state index in [0.717, 1.165) is 5.56 Å². The topological polar surface area (TPSA) is 49.1 Å². The molecule has 0 spiro atoms. The van der Waals surface area contributed by atoms with Gasteiger partial charge in [-0.15, -0.1) is 0 Å². The van der Waals surface area contributed by atoms with Crippen LogP contribution in [0.2, 0.25) is 0 Å². The Kier molecular flexibility index (Phi) is 3.31. The molecule has 0 atom stereocenters. The van der Waals surface area contributed by atoms with E-state index in [4.69, 9.17) is 5.53 Å². The van der Waals surface area contributed by atoms with Gasteiger partial charge in [-0.2, -0.15) is 5.11 Å². The van der Waals surface area contributed by atoms with Gasteiger partial charge >= 0.3 is 0 Å². The second kappa shape index (κ2) is 4.50. The molecule has 0 fully saturated rings. The molecule has 1 aromatic rings. The van der Waals surface area contributed by atoms with Crippen molar-refractivity contribution in [2.75, 3.05) is 0 Å². The molecule has 1 aromatic heterocycles. The summed E-state index contributed by atoms with van der Waals surface area (Å²) in [4.78, 5) is 3.98. The van der Waals surface area contributed by atoms with Crippen LogP contribution in [0.4, 0.5) is 5.69 Å². The first-order valence-corrected chi connectivity index (χ1v) is 4.23. The number of nitrogens with zero attached hydrogens (tertiary/aromatic N) is 2. The fourth-order valence-electron chi connectivity index (χ4n) is 0.926. The molecule has 3 heteroatoms. The Bertz CT molecular complexity index is 316. The minimum absolute atomic E-state index is 0.499. The van der Waals surface area contributed by atoms with E-state index in [1.165, 1.54) is 0 Å². The molecular weight excluding hydrogens is 162 g/mol. The van der Waals surface area contributed by atoms with Crippen LogP contribution in [-0.4, -0.2) is 4.98 Å². The minimum atomic E-state index is 0.499. The SMILES string of the molecule is CC(C)/C=C\c1cnccc1N=N. The molecule has 0 aromatic carbocycles. The summed E-state index contributed by atoms with van der Waals surface area (Å²) in [6, 6.07) is 1.73. The molecule has 0 saturated heterocycles. The Balaban J connectivity index is 2.93. The molecule has 0 aliphatic heterocycles. The highest BCUT2D eigenvalue weighted by molar-refractivity contribution is 5.62. The van der Waals surface area contributed by atoms with Gasteiger partial charge in [0.2, 0.25) is 0 Å². The number of aromatic nitrogens is 1. The predicted octanol–water partition coefficient (Wildman–Crippen LogP) is 3.41. The smallest absolute Gasteiger partial charge is 0.0952 e. The fraction of sp³-hybridized carbons (Fsp3) is 0.300. The molecule has 13 heavy (non-hydrogen) atoms. The van der Waals surface area contributed by atoms with Gasteiger partial charge in [-0.05, 0) is 12.0 Å². The molecule has 0 bridgehead atoms. The third-order valence-corrected chi connectivity index (χ3v) is 1.61. The van der Waals surface area contributed by atoms with Crippen molar-refractivity contribution >= 4 is 11.8 Å². The van der Waals surface area contributed by atoms with Crippen LogP contribution in [-0.2, 0) is 0 Å². The number of rotatable bonds is 3. The molecule has 3 nitrogen and oxygen atoms in total. The van der Waals surface area contributed by atoms with Crippen molar-refractivity contribution in [2.24, 2.45) is 11.0 Å². The number of hydrogen-bond donors (Lipinski definition) is 1. The van der Waals surface area contributed by atoms with Crippen LogP contribution in [0, 0.1) is 11.4 Å². The van der Waals surface area contributed by atoms with E-state index < -0.39 is 0 Å². The average Bonchev–Trinajstić information content (AvgIpc) is 2.15. The Morgan fingerprint density at radius 2 is 2.31 bits per heavy atom. The molecule has 1 heterocycles. The third-order valence-electron chi connectivity index (χ3n) is 1.61. The van der Waals surface area contributed by atoms with Crippen LogP contribution >= 0.6 is 0 Å². The number of allylic oxidation sites excluding steroid dienone is 1. The van der Waals surface area contributed by atoms with Crippen LogP contribution in [0.25, 0.3) is 6.08 Å². The lowest BCUT2D eigenvalue weighted by Gasteiger charge is -1.97. The zero-order valence-electron chi connectivity index (χ0n) is 7.86. The van der Waals surface area contributed by atoms with Crippen molar-refractivity contribution in [3.8, 4) is 0 Å². The summed E-state index contributed by atoms with van der Waals surface area (Å²) in [5.41, 5.74) is 8.49. The van der Waals surface area contributed by atoms with Gasteiger partial charge in [0.05, 0.1) is 5.69 Å². The lowest BCUT2D eigenvalue weighted by Crippen LogP contribution is -1.80. The average molecular weight is 175 g/mol. The third kappa shape index (κ3) is 2.78. The monoisotopic (exact) mass is 175 g/mol. The first-order valence-electron chi connectivity index (χ1n) is 4.23. The van der Waals surface area contributed by atoms with E-state index in [1.54, 1.807) is 18.5 Å². The largest absolute Gasteiger partial charge is 0.264 e. The number of nitrogens with one attached hydrogen (secondary N) is 1. The van der Waals surface area contributed by atoms with Crippen molar-refractivity contribution < 1.29 is 0 Å². The summed E-state index contributed by atoms with van der Waals surface area (Å²) >= 11 is 0. The maximum atomic E-state index is 6.93. The van der Waals surface area contributed by atoms with Crippen molar-refractivity contribution in [3.05, 3.63) is 30.1 Å². The van der Waals surface area contributed by atoms with E-state index in [0.29, 0.717) is 11.6 Å². The van der Waals surface area contributed by atoms with Crippen LogP contribution in [0.15, 0.2) is 29.7 Å². The lowest BCUT2D eigenvalue weighted by atomic mass is 10.1. The zero-order valence-corrected chi connectivity index (χ0v) is 7.86. The van der Waals surface area contributed by atoms with Crippen LogP contribution < -0.4 is 0 Å². The van der Waals surface area contributed by atoms with Crippen molar-refractivity contribution in [3.63, 3.8) is 0 Å². The Morgan fingerprint density at radius 1 is 1.54 bits per heavy atom. The van der Waals surface area contributed by atoms with E-state index in [2.05, 4.69) is 30.0 Å². The van der Waals surface area contributed by atoms with E-state index in [1.807, 2.05) is 6.08 Å². The molecule has 0 saturated carbocycles. The molecular formula is C10H13N3. The molecule has 1 N–H and O–H groups in total. The van der Waals surface area contributed by atoms with Crippen molar-refractivity contribution in [2.45, 2.75) is 13.8 Å². The summed E-state index contributed by atoms with van der Waals surface area (Å²) in [6.45, 7) is 4.20. The zero-order chi connectivity index (χ0) is 9.68. The highest BCUT2D eigenvalue weighted by atomic mass is 15.0. The van der Waals surface area contributed by atoms with E-state index in [9.17, 15) is 0 Å². The summed E-state index contributed by atoms with van der Waals surface area (Å²) in [7, 11) is 0. The maximum Gasteiger partial charge on any atom is 0.0952 e. The molecule has 0 unspecified atom stereocenters. The molecule has 0 aliphatic rings. The quantitative estimate of drug-likeness (QED) is 0.703. The highest BCUT2D eigenvalue weighted by Crippen LogP contribution is 2.18. The molecule has 0 aliphatic carbocycles. The van der Waals surface area contributed by atoms with Crippen molar-refractivity contribution in [1.82, 2.24) is 4.98 Å². The highest BCUT2D eigenvalue weighted by Gasteiger charge is 1.96. The lowest BCUT2D eigenvalue weighted by molar-refractivity contribution is 0.836. The standard InChI is InChI=1S/C10H13N3/c1-8(2)3-4-9-7-12-6-5-10(9)13-11/h3-8,11H,1-2H3/b4-3-,13-11?. The maximum absolute atomic E-state index is 6.93. The van der Waals surface area contributed by atoms with Gasteiger partial charge in [0.1, 0.15) is 0 Å². The normalized spacial score (nSPS) is 11.0. The molecule has 1 rings (SSSR count). The summed E-state index contributed by atoms with van der Waals surface area (Å²) in [5, 5.41) is 3.41. The van der Waals surface area contributed by atoms with Gasteiger partial charge in [0.25, 0.3) is 0 Å². The number of hydrogen-bond acceptors (Lipinski definition) is 3. The first kappa shape index (κ1) is 9.58. The minimum Gasteiger partial charge on any atom is -0.264 e. The first-order chi connectivity index (χ1) is 6.24. The van der Waals surface area contributed by atoms with Gasteiger partial charge in [0, 0.05) is 18.0 Å². The van der Waals surface area contributed by atoms with Gasteiger partial charge < -0.3 is 0 Å². The van der Waals surface area contributed by atoms with E-state index in [-0.39, 0.29) is 0 Å². The van der Waals surface area contributed by atoms with Gasteiger partial charge in [-0.3, -0.25) is 4.98 Å². The van der Waals surface area contributed by atoms with Gasteiger partial charge in [0.15, 0.2) is 0 Å². The summed E-state index contributed by atoms with van der Waals surface area (Å²) in [5.74, 6) is 0.499. The molecule has 68 valence electrons.